The SMILES string of the molecule is CCc1cnc(NC(=O)C2CCCc3sc(N)nc32)s1. The summed E-state index contributed by atoms with van der Waals surface area (Å²) in [6, 6.07) is 0. The molecule has 3 N–H and O–H groups in total. The highest BCUT2D eigenvalue weighted by Gasteiger charge is 2.30. The molecule has 0 spiro atoms. The van der Waals surface area contributed by atoms with Crippen LogP contribution in [0.3, 0.4) is 0 Å². The predicted octanol–water partition coefficient (Wildman–Crippen LogP) is 2.80. The maximum Gasteiger partial charge on any atom is 0.235 e. The fraction of sp³-hybridized carbons (Fsp3) is 0.462. The van der Waals surface area contributed by atoms with Gasteiger partial charge in [0, 0.05) is 16.0 Å². The van der Waals surface area contributed by atoms with Crippen LogP contribution in [0.25, 0.3) is 0 Å². The lowest BCUT2D eigenvalue weighted by Crippen LogP contribution is -2.24. The monoisotopic (exact) mass is 308 g/mol. The van der Waals surface area contributed by atoms with Crippen molar-refractivity contribution in [3.63, 3.8) is 0 Å². The van der Waals surface area contributed by atoms with E-state index in [0.29, 0.717) is 10.3 Å². The van der Waals surface area contributed by atoms with Gasteiger partial charge in [-0.2, -0.15) is 0 Å². The summed E-state index contributed by atoms with van der Waals surface area (Å²) in [5.74, 6) is -0.213. The first kappa shape index (κ1) is 13.5. The summed E-state index contributed by atoms with van der Waals surface area (Å²) in [5, 5.41) is 4.13. The lowest BCUT2D eigenvalue weighted by molar-refractivity contribution is -0.117. The van der Waals surface area contributed by atoms with Crippen LogP contribution in [0, 0.1) is 0 Å². The maximum absolute atomic E-state index is 12.4. The molecule has 0 bridgehead atoms. The highest BCUT2D eigenvalue weighted by molar-refractivity contribution is 7.16. The zero-order valence-electron chi connectivity index (χ0n) is 11.2. The fourth-order valence-corrected chi connectivity index (χ4v) is 4.10. The molecule has 2 aromatic rings. The van der Waals surface area contributed by atoms with Crippen molar-refractivity contribution in [1.29, 1.82) is 0 Å². The van der Waals surface area contributed by atoms with E-state index in [0.717, 1.165) is 36.3 Å². The number of aryl methyl sites for hydroxylation is 2. The number of rotatable bonds is 3. The van der Waals surface area contributed by atoms with E-state index in [4.69, 9.17) is 5.73 Å². The minimum Gasteiger partial charge on any atom is -0.375 e. The van der Waals surface area contributed by atoms with Gasteiger partial charge in [-0.15, -0.1) is 22.7 Å². The Morgan fingerprint density at radius 1 is 1.55 bits per heavy atom. The van der Waals surface area contributed by atoms with Gasteiger partial charge in [0.05, 0.1) is 11.6 Å². The molecule has 0 aliphatic heterocycles. The molecule has 1 amide bonds. The van der Waals surface area contributed by atoms with Gasteiger partial charge < -0.3 is 11.1 Å². The fourth-order valence-electron chi connectivity index (χ4n) is 2.41. The van der Waals surface area contributed by atoms with Crippen molar-refractivity contribution in [2.24, 2.45) is 0 Å². The molecule has 2 heterocycles. The molecule has 0 fully saturated rings. The van der Waals surface area contributed by atoms with Gasteiger partial charge in [0.2, 0.25) is 5.91 Å². The van der Waals surface area contributed by atoms with Crippen LogP contribution < -0.4 is 11.1 Å². The van der Waals surface area contributed by atoms with Crippen LogP contribution in [0.4, 0.5) is 10.3 Å². The number of hydrogen-bond acceptors (Lipinski definition) is 6. The smallest absolute Gasteiger partial charge is 0.235 e. The average molecular weight is 308 g/mol. The van der Waals surface area contributed by atoms with E-state index in [2.05, 4.69) is 22.2 Å². The standard InChI is InChI=1S/C13H16N4OS2/c1-2-7-6-15-13(19-7)17-11(18)8-4-3-5-9-10(8)16-12(14)20-9/h6,8H,2-5H2,1H3,(H2,14,16)(H,15,17,18). The summed E-state index contributed by atoms with van der Waals surface area (Å²) in [6.45, 7) is 2.07. The number of amides is 1. The third kappa shape index (κ3) is 2.55. The molecule has 1 atom stereocenters. The Morgan fingerprint density at radius 2 is 2.40 bits per heavy atom. The first-order valence-electron chi connectivity index (χ1n) is 6.68. The van der Waals surface area contributed by atoms with E-state index in [-0.39, 0.29) is 11.8 Å². The number of nitrogens with one attached hydrogen (secondary N) is 1. The first-order chi connectivity index (χ1) is 9.67. The van der Waals surface area contributed by atoms with Gasteiger partial charge in [-0.25, -0.2) is 9.97 Å². The number of nitrogens with zero attached hydrogens (tertiary/aromatic N) is 2. The molecule has 3 rings (SSSR count). The van der Waals surface area contributed by atoms with Gasteiger partial charge in [0.1, 0.15) is 0 Å². The molecule has 1 aliphatic carbocycles. The second kappa shape index (κ2) is 5.49. The molecule has 2 aromatic heterocycles. The third-order valence-corrected chi connectivity index (χ3v) is 5.44. The Labute approximate surface area is 125 Å². The molecule has 0 radical (unpaired) electrons. The molecular formula is C13H16N4OS2. The van der Waals surface area contributed by atoms with Crippen molar-refractivity contribution in [3.8, 4) is 0 Å². The third-order valence-electron chi connectivity index (χ3n) is 3.42. The van der Waals surface area contributed by atoms with Gasteiger partial charge in [0.15, 0.2) is 10.3 Å². The largest absolute Gasteiger partial charge is 0.375 e. The van der Waals surface area contributed by atoms with E-state index in [1.165, 1.54) is 27.6 Å². The Bertz CT molecular complexity index is 634. The Balaban J connectivity index is 1.77. The van der Waals surface area contributed by atoms with Crippen LogP contribution in [0.2, 0.25) is 0 Å². The Hall–Kier alpha value is -1.47. The van der Waals surface area contributed by atoms with Crippen molar-refractivity contribution in [3.05, 3.63) is 21.6 Å². The number of carbonyl (C=O) groups is 1. The molecule has 20 heavy (non-hydrogen) atoms. The van der Waals surface area contributed by atoms with E-state index in [9.17, 15) is 4.79 Å². The Morgan fingerprint density at radius 3 is 3.15 bits per heavy atom. The molecule has 7 heteroatoms. The topological polar surface area (TPSA) is 80.9 Å². The second-order valence-electron chi connectivity index (χ2n) is 4.78. The summed E-state index contributed by atoms with van der Waals surface area (Å²) in [5.41, 5.74) is 6.62. The highest BCUT2D eigenvalue weighted by atomic mass is 32.1. The molecule has 0 saturated carbocycles. The molecule has 0 aromatic carbocycles. The van der Waals surface area contributed by atoms with Gasteiger partial charge in [0.25, 0.3) is 0 Å². The number of anilines is 2. The summed E-state index contributed by atoms with van der Waals surface area (Å²) in [7, 11) is 0. The van der Waals surface area contributed by atoms with E-state index < -0.39 is 0 Å². The minimum atomic E-state index is -0.193. The number of nitrogens with two attached hydrogens (primary N) is 1. The average Bonchev–Trinajstić information content (AvgIpc) is 3.02. The maximum atomic E-state index is 12.4. The lowest BCUT2D eigenvalue weighted by atomic mass is 9.90. The number of nitrogen functional groups attached to an aromatic ring is 1. The van der Waals surface area contributed by atoms with Crippen molar-refractivity contribution >= 4 is 38.8 Å². The van der Waals surface area contributed by atoms with Crippen molar-refractivity contribution in [2.45, 2.75) is 38.5 Å². The van der Waals surface area contributed by atoms with Crippen LogP contribution in [0.15, 0.2) is 6.20 Å². The summed E-state index contributed by atoms with van der Waals surface area (Å²) in [6.07, 6.45) is 5.56. The summed E-state index contributed by atoms with van der Waals surface area (Å²) in [4.78, 5) is 23.3. The normalized spacial score (nSPS) is 17.8. The highest BCUT2D eigenvalue weighted by Crippen LogP contribution is 2.36. The van der Waals surface area contributed by atoms with E-state index in [1.54, 1.807) is 0 Å². The van der Waals surface area contributed by atoms with E-state index >= 15 is 0 Å². The van der Waals surface area contributed by atoms with Gasteiger partial charge >= 0.3 is 0 Å². The summed E-state index contributed by atoms with van der Waals surface area (Å²) < 4.78 is 0. The molecule has 1 aliphatic rings. The van der Waals surface area contributed by atoms with Crippen LogP contribution in [0.1, 0.15) is 41.1 Å². The Kier molecular flexibility index (Phi) is 3.71. The molecule has 1 unspecified atom stereocenters. The number of fused-ring (bicyclic) bond motifs is 1. The zero-order valence-corrected chi connectivity index (χ0v) is 12.8. The zero-order chi connectivity index (χ0) is 14.1. The van der Waals surface area contributed by atoms with Gasteiger partial charge in [-0.1, -0.05) is 6.92 Å². The van der Waals surface area contributed by atoms with Crippen molar-refractivity contribution < 1.29 is 4.79 Å². The number of hydrogen-bond donors (Lipinski definition) is 2. The first-order valence-corrected chi connectivity index (χ1v) is 8.31. The summed E-state index contributed by atoms with van der Waals surface area (Å²) >= 11 is 3.03. The van der Waals surface area contributed by atoms with Crippen LogP contribution in [-0.2, 0) is 17.6 Å². The number of carbonyl (C=O) groups excluding carboxylic acids is 1. The lowest BCUT2D eigenvalue weighted by Gasteiger charge is -2.19. The molecular weight excluding hydrogens is 292 g/mol. The second-order valence-corrected chi connectivity index (χ2v) is 7.01. The molecule has 0 saturated heterocycles. The molecule has 106 valence electrons. The van der Waals surface area contributed by atoms with Crippen molar-refractivity contribution in [1.82, 2.24) is 9.97 Å². The van der Waals surface area contributed by atoms with Crippen molar-refractivity contribution in [2.75, 3.05) is 11.1 Å². The molecule has 5 nitrogen and oxygen atoms in total. The van der Waals surface area contributed by atoms with E-state index in [1.807, 2.05) is 6.20 Å². The predicted molar refractivity (Wildman–Crippen MR) is 82.3 cm³/mol. The number of aromatic nitrogens is 2. The number of thiazole rings is 2. The van der Waals surface area contributed by atoms with Crippen LogP contribution >= 0.6 is 22.7 Å². The van der Waals surface area contributed by atoms with Crippen LogP contribution in [0.5, 0.6) is 0 Å². The van der Waals surface area contributed by atoms with Gasteiger partial charge in [-0.3, -0.25) is 4.79 Å². The van der Waals surface area contributed by atoms with Gasteiger partial charge in [-0.05, 0) is 25.7 Å². The minimum absolute atomic E-state index is 0.0201. The van der Waals surface area contributed by atoms with Crippen LogP contribution in [-0.4, -0.2) is 15.9 Å². The quantitative estimate of drug-likeness (QED) is 0.913.